The number of nitrogen functional groups attached to an aromatic ring is 2. The van der Waals surface area contributed by atoms with Crippen LogP contribution >= 0.6 is 11.8 Å². The summed E-state index contributed by atoms with van der Waals surface area (Å²) in [5.74, 6) is 0.854. The molecule has 0 amide bonds. The van der Waals surface area contributed by atoms with Crippen molar-refractivity contribution in [2.24, 2.45) is 0 Å². The third-order valence-electron chi connectivity index (χ3n) is 1.82. The Bertz CT molecular complexity index is 321. The molecular weight excluding hydrogens is 180 g/mol. The van der Waals surface area contributed by atoms with Crippen molar-refractivity contribution in [1.29, 1.82) is 0 Å². The van der Waals surface area contributed by atoms with E-state index in [0.717, 1.165) is 16.2 Å². The quantitative estimate of drug-likeness (QED) is 0.441. The van der Waals surface area contributed by atoms with E-state index < -0.39 is 0 Å². The minimum absolute atomic E-state index is 0.687. The Morgan fingerprint density at radius 2 is 2.08 bits per heavy atom. The Morgan fingerprint density at radius 1 is 1.38 bits per heavy atom. The zero-order chi connectivity index (χ0) is 9.84. The normalized spacial score (nSPS) is 9.92. The zero-order valence-electron chi connectivity index (χ0n) is 7.71. The van der Waals surface area contributed by atoms with Gasteiger partial charge in [0.25, 0.3) is 0 Å². The highest BCUT2D eigenvalue weighted by Crippen LogP contribution is 2.31. The number of nitrogens with two attached hydrogens (primary N) is 2. The van der Waals surface area contributed by atoms with E-state index in [1.165, 1.54) is 0 Å². The fraction of sp³-hybridized carbons (Fsp3) is 0.200. The van der Waals surface area contributed by atoms with Gasteiger partial charge in [0.15, 0.2) is 0 Å². The first kappa shape index (κ1) is 9.99. The van der Waals surface area contributed by atoms with Crippen molar-refractivity contribution >= 4 is 23.1 Å². The summed E-state index contributed by atoms with van der Waals surface area (Å²) in [6.07, 6.45) is 1.85. The number of thioether (sulfide) groups is 1. The standard InChI is InChI=1S/C10H14N2S/c1-3-6-13-8-5-4-7(2)9(11)10(8)12/h3-5H,1,6,11-12H2,2H3. The van der Waals surface area contributed by atoms with Gasteiger partial charge in [0, 0.05) is 10.6 Å². The summed E-state index contributed by atoms with van der Waals surface area (Å²) in [5.41, 5.74) is 14.0. The fourth-order valence-electron chi connectivity index (χ4n) is 1.000. The van der Waals surface area contributed by atoms with Crippen molar-refractivity contribution < 1.29 is 0 Å². The largest absolute Gasteiger partial charge is 0.397 e. The van der Waals surface area contributed by atoms with Crippen LogP contribution in [-0.4, -0.2) is 5.75 Å². The monoisotopic (exact) mass is 194 g/mol. The first-order valence-corrected chi connectivity index (χ1v) is 5.03. The second-order valence-corrected chi connectivity index (χ2v) is 3.87. The second kappa shape index (κ2) is 4.23. The highest BCUT2D eigenvalue weighted by atomic mass is 32.2. The van der Waals surface area contributed by atoms with E-state index in [9.17, 15) is 0 Å². The predicted molar refractivity (Wildman–Crippen MR) is 60.9 cm³/mol. The molecule has 0 aromatic heterocycles. The van der Waals surface area contributed by atoms with E-state index in [1.54, 1.807) is 11.8 Å². The molecule has 0 saturated carbocycles. The lowest BCUT2D eigenvalue weighted by molar-refractivity contribution is 1.38. The Kier molecular flexibility index (Phi) is 3.25. The Balaban J connectivity index is 2.96. The van der Waals surface area contributed by atoms with Gasteiger partial charge in [-0.05, 0) is 18.6 Å². The molecule has 0 fully saturated rings. The molecule has 1 rings (SSSR count). The zero-order valence-corrected chi connectivity index (χ0v) is 8.53. The molecule has 0 aliphatic carbocycles. The molecule has 0 aliphatic rings. The molecule has 0 aliphatic heterocycles. The van der Waals surface area contributed by atoms with Crippen LogP contribution in [-0.2, 0) is 0 Å². The van der Waals surface area contributed by atoms with Crippen molar-refractivity contribution in [3.05, 3.63) is 30.4 Å². The smallest absolute Gasteiger partial charge is 0.0688 e. The van der Waals surface area contributed by atoms with E-state index >= 15 is 0 Å². The summed E-state index contributed by atoms with van der Waals surface area (Å²) in [5, 5.41) is 0. The first-order chi connectivity index (χ1) is 6.16. The average Bonchev–Trinajstić information content (AvgIpc) is 2.13. The van der Waals surface area contributed by atoms with Crippen LogP contribution in [0, 0.1) is 6.92 Å². The van der Waals surface area contributed by atoms with Crippen LogP contribution in [0.5, 0.6) is 0 Å². The van der Waals surface area contributed by atoms with Crippen LogP contribution in [0.2, 0.25) is 0 Å². The van der Waals surface area contributed by atoms with Crippen LogP contribution in [0.15, 0.2) is 29.7 Å². The third kappa shape index (κ3) is 2.18. The maximum atomic E-state index is 5.84. The molecule has 0 saturated heterocycles. The Hall–Kier alpha value is -1.09. The van der Waals surface area contributed by atoms with Gasteiger partial charge in [0.2, 0.25) is 0 Å². The molecule has 1 aromatic carbocycles. The molecule has 0 heterocycles. The first-order valence-electron chi connectivity index (χ1n) is 4.05. The highest BCUT2D eigenvalue weighted by Gasteiger charge is 2.04. The molecule has 70 valence electrons. The lowest BCUT2D eigenvalue weighted by Crippen LogP contribution is -1.98. The molecule has 0 radical (unpaired) electrons. The van der Waals surface area contributed by atoms with Gasteiger partial charge in [0.05, 0.1) is 11.4 Å². The van der Waals surface area contributed by atoms with E-state index in [0.29, 0.717) is 11.4 Å². The Morgan fingerprint density at radius 3 is 2.69 bits per heavy atom. The summed E-state index contributed by atoms with van der Waals surface area (Å²) in [7, 11) is 0. The number of benzene rings is 1. The minimum atomic E-state index is 0.687. The number of hydrogen-bond acceptors (Lipinski definition) is 3. The summed E-state index contributed by atoms with van der Waals surface area (Å²) >= 11 is 1.65. The number of hydrogen-bond donors (Lipinski definition) is 2. The van der Waals surface area contributed by atoms with Crippen LogP contribution in [0.1, 0.15) is 5.56 Å². The van der Waals surface area contributed by atoms with E-state index in [2.05, 4.69) is 6.58 Å². The van der Waals surface area contributed by atoms with E-state index in [-0.39, 0.29) is 0 Å². The molecule has 0 spiro atoms. The lowest BCUT2D eigenvalue weighted by atomic mass is 10.2. The SMILES string of the molecule is C=CCSc1ccc(C)c(N)c1N. The van der Waals surface area contributed by atoms with E-state index in [1.807, 2.05) is 25.1 Å². The summed E-state index contributed by atoms with van der Waals surface area (Å²) in [6, 6.07) is 3.98. The van der Waals surface area contributed by atoms with Gasteiger partial charge in [-0.1, -0.05) is 12.1 Å². The molecule has 0 bridgehead atoms. The van der Waals surface area contributed by atoms with Crippen LogP contribution < -0.4 is 11.5 Å². The lowest BCUT2D eigenvalue weighted by Gasteiger charge is -2.08. The van der Waals surface area contributed by atoms with Crippen molar-refractivity contribution in [1.82, 2.24) is 0 Å². The molecule has 13 heavy (non-hydrogen) atoms. The average molecular weight is 194 g/mol. The summed E-state index contributed by atoms with van der Waals surface area (Å²) in [4.78, 5) is 1.03. The molecular formula is C10H14N2S. The second-order valence-electron chi connectivity index (χ2n) is 2.81. The molecule has 2 nitrogen and oxygen atoms in total. The molecule has 3 heteroatoms. The van der Waals surface area contributed by atoms with Gasteiger partial charge in [0.1, 0.15) is 0 Å². The van der Waals surface area contributed by atoms with Gasteiger partial charge in [-0.25, -0.2) is 0 Å². The van der Waals surface area contributed by atoms with Gasteiger partial charge in [-0.15, -0.1) is 18.3 Å². The summed E-state index contributed by atoms with van der Waals surface area (Å²) < 4.78 is 0. The van der Waals surface area contributed by atoms with Gasteiger partial charge in [-0.3, -0.25) is 0 Å². The molecule has 0 unspecified atom stereocenters. The minimum Gasteiger partial charge on any atom is -0.397 e. The highest BCUT2D eigenvalue weighted by molar-refractivity contribution is 7.99. The van der Waals surface area contributed by atoms with Crippen molar-refractivity contribution in [3.8, 4) is 0 Å². The number of rotatable bonds is 3. The molecule has 1 aromatic rings. The maximum absolute atomic E-state index is 5.84. The van der Waals surface area contributed by atoms with Gasteiger partial charge < -0.3 is 11.5 Å². The topological polar surface area (TPSA) is 52.0 Å². The van der Waals surface area contributed by atoms with Gasteiger partial charge in [-0.2, -0.15) is 0 Å². The third-order valence-corrected chi connectivity index (χ3v) is 2.89. The van der Waals surface area contributed by atoms with Crippen molar-refractivity contribution in [3.63, 3.8) is 0 Å². The molecule has 4 N–H and O–H groups in total. The van der Waals surface area contributed by atoms with E-state index in [4.69, 9.17) is 11.5 Å². The van der Waals surface area contributed by atoms with Crippen LogP contribution in [0.3, 0.4) is 0 Å². The van der Waals surface area contributed by atoms with Crippen molar-refractivity contribution in [2.75, 3.05) is 17.2 Å². The molecule has 0 atom stereocenters. The number of anilines is 2. The predicted octanol–water partition coefficient (Wildman–Crippen LogP) is 2.44. The number of aryl methyl sites for hydroxylation is 1. The maximum Gasteiger partial charge on any atom is 0.0688 e. The summed E-state index contributed by atoms with van der Waals surface area (Å²) in [6.45, 7) is 5.60. The fourth-order valence-corrected chi connectivity index (χ4v) is 1.73. The van der Waals surface area contributed by atoms with Crippen molar-refractivity contribution in [2.45, 2.75) is 11.8 Å². The Labute approximate surface area is 83.0 Å². The van der Waals surface area contributed by atoms with Crippen LogP contribution in [0.4, 0.5) is 11.4 Å². The van der Waals surface area contributed by atoms with Crippen LogP contribution in [0.25, 0.3) is 0 Å². The van der Waals surface area contributed by atoms with Gasteiger partial charge >= 0.3 is 0 Å².